The van der Waals surface area contributed by atoms with E-state index < -0.39 is 15.6 Å². The molecule has 7 nitrogen and oxygen atoms in total. The average molecular weight is 523 g/mol. The molecule has 0 aliphatic rings. The first-order valence-corrected chi connectivity index (χ1v) is 15.4. The van der Waals surface area contributed by atoms with Crippen LogP contribution in [0.1, 0.15) is 106 Å². The molecule has 2 unspecified atom stereocenters. The highest BCUT2D eigenvalue weighted by Gasteiger charge is 2.32. The Kier molecular flexibility index (Phi) is 17.6. The number of hydrogen-bond donors (Lipinski definition) is 3. The van der Waals surface area contributed by atoms with Crippen molar-refractivity contribution in [1.82, 2.24) is 0 Å². The van der Waals surface area contributed by atoms with Crippen molar-refractivity contribution < 1.29 is 32.6 Å². The van der Waals surface area contributed by atoms with Crippen molar-refractivity contribution in [2.45, 2.75) is 106 Å². The zero-order valence-electron chi connectivity index (χ0n) is 22.0. The summed E-state index contributed by atoms with van der Waals surface area (Å²) in [6.07, 6.45) is 17.5. The molecule has 0 aromatic heterocycles. The lowest BCUT2D eigenvalue weighted by Gasteiger charge is -2.14. The van der Waals surface area contributed by atoms with Crippen molar-refractivity contribution in [2.24, 2.45) is 11.8 Å². The molecule has 0 fully saturated rings. The molecule has 9 heteroatoms. The lowest BCUT2D eigenvalue weighted by molar-refractivity contribution is 0.170. The van der Waals surface area contributed by atoms with Crippen LogP contribution in [0.3, 0.4) is 0 Å². The molecule has 0 saturated heterocycles. The molecular formula is C25H48O7P2. The fourth-order valence-corrected chi connectivity index (χ4v) is 5.17. The summed E-state index contributed by atoms with van der Waals surface area (Å²) in [4.78, 5) is 26.4. The SMILES string of the molecule is CC(C)=CCCC(C)CCC/C(C)=C/CC/C(C)=C\CC[C@@H](C)CCOP(=O)(O)OP(=O)(O)O. The summed E-state index contributed by atoms with van der Waals surface area (Å²) >= 11 is 0. The molecule has 0 saturated carbocycles. The van der Waals surface area contributed by atoms with E-state index in [9.17, 15) is 14.0 Å². The average Bonchev–Trinajstić information content (AvgIpc) is 2.65. The van der Waals surface area contributed by atoms with Crippen molar-refractivity contribution >= 4 is 15.6 Å². The summed E-state index contributed by atoms with van der Waals surface area (Å²) in [5.74, 6) is 1.02. The molecule has 0 aliphatic carbocycles. The van der Waals surface area contributed by atoms with Crippen LogP contribution in [0.2, 0.25) is 0 Å². The van der Waals surface area contributed by atoms with Gasteiger partial charge >= 0.3 is 15.6 Å². The van der Waals surface area contributed by atoms with Gasteiger partial charge in [-0.15, -0.1) is 0 Å². The Bertz CT molecular complexity index is 748. The zero-order valence-corrected chi connectivity index (χ0v) is 23.8. The maximum Gasteiger partial charge on any atom is 0.481 e. The molecular weight excluding hydrogens is 474 g/mol. The van der Waals surface area contributed by atoms with Gasteiger partial charge in [-0.2, -0.15) is 4.31 Å². The predicted octanol–water partition coefficient (Wildman–Crippen LogP) is 8.24. The Labute approximate surface area is 207 Å². The Hall–Kier alpha value is -0.520. The van der Waals surface area contributed by atoms with Crippen molar-refractivity contribution in [3.8, 4) is 0 Å². The highest BCUT2D eigenvalue weighted by atomic mass is 31.3. The van der Waals surface area contributed by atoms with E-state index in [1.807, 2.05) is 6.92 Å². The Morgan fingerprint density at radius 2 is 1.29 bits per heavy atom. The van der Waals surface area contributed by atoms with E-state index in [2.05, 4.69) is 61.7 Å². The standard InChI is InChI=1S/C25H48O7P2/c1-21(2)11-7-12-22(3)13-8-14-23(4)15-9-16-24(5)17-10-18-25(6)19-20-31-34(29,30)32-33(26,27)28/h11,15,17,22,25H,7-10,12-14,16,18-20H2,1-6H3,(H,29,30)(H2,26,27,28)/b23-15+,24-17-/t22?,25-/m1/s1. The van der Waals surface area contributed by atoms with Crippen molar-refractivity contribution in [3.05, 3.63) is 34.9 Å². The van der Waals surface area contributed by atoms with Crippen LogP contribution in [0.4, 0.5) is 0 Å². The van der Waals surface area contributed by atoms with E-state index in [1.54, 1.807) is 0 Å². The maximum atomic E-state index is 11.4. The quantitative estimate of drug-likeness (QED) is 0.116. The molecule has 0 heterocycles. The molecule has 200 valence electrons. The van der Waals surface area contributed by atoms with Gasteiger partial charge in [-0.05, 0) is 97.3 Å². The van der Waals surface area contributed by atoms with Crippen LogP contribution < -0.4 is 0 Å². The van der Waals surface area contributed by atoms with Crippen LogP contribution in [-0.4, -0.2) is 21.3 Å². The first-order valence-electron chi connectivity index (χ1n) is 12.4. The Balaban J connectivity index is 4.02. The second kappa shape index (κ2) is 17.8. The summed E-state index contributed by atoms with van der Waals surface area (Å²) in [5.41, 5.74) is 4.24. The summed E-state index contributed by atoms with van der Waals surface area (Å²) in [7, 11) is -9.80. The lowest BCUT2D eigenvalue weighted by atomic mass is 9.96. The Morgan fingerprint density at radius 1 is 0.765 bits per heavy atom. The summed E-state index contributed by atoms with van der Waals surface area (Å²) in [6, 6.07) is 0. The highest BCUT2D eigenvalue weighted by Crippen LogP contribution is 2.57. The lowest BCUT2D eigenvalue weighted by Crippen LogP contribution is -2.02. The van der Waals surface area contributed by atoms with E-state index in [1.165, 1.54) is 48.8 Å². The molecule has 0 aliphatic heterocycles. The van der Waals surface area contributed by atoms with Crippen molar-refractivity contribution in [1.29, 1.82) is 0 Å². The largest absolute Gasteiger partial charge is 0.481 e. The van der Waals surface area contributed by atoms with Crippen molar-refractivity contribution in [2.75, 3.05) is 6.61 Å². The third-order valence-corrected chi connectivity index (χ3v) is 7.92. The minimum atomic E-state index is -5.06. The smallest absolute Gasteiger partial charge is 0.302 e. The fourth-order valence-electron chi connectivity index (χ4n) is 3.57. The minimum Gasteiger partial charge on any atom is -0.302 e. The zero-order chi connectivity index (χ0) is 26.2. The number of rotatable bonds is 19. The normalized spacial score (nSPS) is 16.7. The summed E-state index contributed by atoms with van der Waals surface area (Å²) in [5, 5.41) is 0. The van der Waals surface area contributed by atoms with Gasteiger partial charge in [0.15, 0.2) is 0 Å². The van der Waals surface area contributed by atoms with Crippen LogP contribution in [0.25, 0.3) is 0 Å². The van der Waals surface area contributed by atoms with Gasteiger partial charge in [0.2, 0.25) is 0 Å². The highest BCUT2D eigenvalue weighted by molar-refractivity contribution is 7.60. The van der Waals surface area contributed by atoms with E-state index >= 15 is 0 Å². The summed E-state index contributed by atoms with van der Waals surface area (Å²) < 4.78 is 30.4. The first-order chi connectivity index (χ1) is 15.7. The second-order valence-electron chi connectivity index (χ2n) is 9.84. The number of phosphoric acid groups is 2. The van der Waals surface area contributed by atoms with Crippen molar-refractivity contribution in [3.63, 3.8) is 0 Å². The molecule has 0 spiro atoms. The molecule has 0 aromatic carbocycles. The molecule has 3 atom stereocenters. The van der Waals surface area contributed by atoms with Crippen LogP contribution in [0.5, 0.6) is 0 Å². The Morgan fingerprint density at radius 3 is 1.88 bits per heavy atom. The molecule has 0 aromatic rings. The van der Waals surface area contributed by atoms with Gasteiger partial charge in [-0.3, -0.25) is 4.52 Å². The monoisotopic (exact) mass is 522 g/mol. The van der Waals surface area contributed by atoms with Gasteiger partial charge in [0, 0.05) is 0 Å². The van der Waals surface area contributed by atoms with Gasteiger partial charge < -0.3 is 14.7 Å². The summed E-state index contributed by atoms with van der Waals surface area (Å²) in [6.45, 7) is 12.9. The number of phosphoric ester groups is 1. The maximum absolute atomic E-state index is 11.4. The molecule has 0 amide bonds. The van der Waals surface area contributed by atoms with Gasteiger partial charge in [0.25, 0.3) is 0 Å². The fraction of sp³-hybridized carbons (Fsp3) is 0.760. The second-order valence-corrected chi connectivity index (χ2v) is 12.7. The van der Waals surface area contributed by atoms with Crippen LogP contribution in [0, 0.1) is 11.8 Å². The van der Waals surface area contributed by atoms with Crippen LogP contribution >= 0.6 is 15.6 Å². The molecule has 34 heavy (non-hydrogen) atoms. The molecule has 0 radical (unpaired) electrons. The predicted molar refractivity (Wildman–Crippen MR) is 140 cm³/mol. The van der Waals surface area contributed by atoms with Crippen LogP contribution in [-0.2, 0) is 18.0 Å². The van der Waals surface area contributed by atoms with Gasteiger partial charge in [0.1, 0.15) is 0 Å². The number of allylic oxidation sites excluding steroid dienone is 6. The first kappa shape index (κ1) is 33.5. The van der Waals surface area contributed by atoms with E-state index in [4.69, 9.17) is 9.79 Å². The van der Waals surface area contributed by atoms with Gasteiger partial charge in [-0.1, -0.05) is 55.2 Å². The molecule has 3 N–H and O–H groups in total. The van der Waals surface area contributed by atoms with Crippen LogP contribution in [0.15, 0.2) is 34.9 Å². The number of hydrogen-bond acceptors (Lipinski definition) is 4. The molecule has 0 rings (SSSR count). The topological polar surface area (TPSA) is 113 Å². The van der Waals surface area contributed by atoms with Gasteiger partial charge in [-0.25, -0.2) is 9.13 Å². The van der Waals surface area contributed by atoms with E-state index in [-0.39, 0.29) is 12.5 Å². The van der Waals surface area contributed by atoms with Gasteiger partial charge in [0.05, 0.1) is 6.61 Å². The van der Waals surface area contributed by atoms with E-state index in [0.29, 0.717) is 6.42 Å². The third kappa shape index (κ3) is 22.0. The minimum absolute atomic E-state index is 0.101. The van der Waals surface area contributed by atoms with E-state index in [0.717, 1.165) is 31.6 Å². The molecule has 0 bridgehead atoms. The third-order valence-electron chi connectivity index (χ3n) is 5.74.